The number of nitrogens with zero attached hydrogens (tertiary/aromatic N) is 1. The molecule has 5 nitrogen and oxygen atoms in total. The van der Waals surface area contributed by atoms with E-state index in [0.717, 1.165) is 60.0 Å². The van der Waals surface area contributed by atoms with Crippen LogP contribution in [-0.2, 0) is 11.2 Å². The fourth-order valence-electron chi connectivity index (χ4n) is 4.92. The van der Waals surface area contributed by atoms with Crippen LogP contribution in [0.25, 0.3) is 10.9 Å². The summed E-state index contributed by atoms with van der Waals surface area (Å²) in [6.45, 7) is 4.74. The molecule has 1 unspecified atom stereocenters. The highest BCUT2D eigenvalue weighted by atomic mass is 35.5. The lowest BCUT2D eigenvalue weighted by Gasteiger charge is -2.36. The highest BCUT2D eigenvalue weighted by Gasteiger charge is 2.36. The van der Waals surface area contributed by atoms with Crippen molar-refractivity contribution in [3.8, 4) is 5.75 Å². The molecule has 1 aromatic heterocycles. The number of rotatable bonds is 5. The first-order chi connectivity index (χ1) is 15.6. The topological polar surface area (TPSA) is 54.6 Å². The second kappa shape index (κ2) is 8.91. The number of hydrogen-bond donors (Lipinski definition) is 1. The number of aromatic amines is 1. The molecule has 0 spiro atoms. The number of hydrogen-bond acceptors (Lipinski definition) is 3. The third-order valence-electron chi connectivity index (χ3n) is 6.46. The molecule has 0 radical (unpaired) electrons. The molecule has 6 heteroatoms. The quantitative estimate of drug-likeness (QED) is 0.457. The molecule has 1 aliphatic heterocycles. The minimum atomic E-state index is -0.257. The summed E-state index contributed by atoms with van der Waals surface area (Å²) >= 11 is 6.29. The van der Waals surface area contributed by atoms with Crippen LogP contribution in [0.3, 0.4) is 0 Å². The van der Waals surface area contributed by atoms with Gasteiger partial charge in [-0.2, -0.15) is 0 Å². The molecule has 2 aromatic carbocycles. The predicted octanol–water partition coefficient (Wildman–Crippen LogP) is 6.41. The first-order valence-electron chi connectivity index (χ1n) is 11.2. The minimum absolute atomic E-state index is 0.0285. The number of halogens is 1. The van der Waals surface area contributed by atoms with Crippen LogP contribution in [0.5, 0.6) is 5.75 Å². The van der Waals surface area contributed by atoms with Gasteiger partial charge in [-0.25, -0.2) is 4.79 Å². The average molecular weight is 451 g/mol. The van der Waals surface area contributed by atoms with E-state index in [1.807, 2.05) is 47.4 Å². The Morgan fingerprint density at radius 3 is 2.72 bits per heavy atom. The molecule has 1 fully saturated rings. The summed E-state index contributed by atoms with van der Waals surface area (Å²) in [5.74, 6) is 0.771. The Hall–Kier alpha value is -2.92. The Bertz CT molecular complexity index is 1130. The number of aromatic nitrogens is 1. The zero-order valence-electron chi connectivity index (χ0n) is 18.0. The standard InChI is InChI=1S/C26H27ClN2O3/c1-2-15-31-19-10-7-17(8-11-19)25-24-21(22-16-18(27)9-12-23(22)28-24)13-14-29(25)26(30)32-20-5-3-4-6-20/h2,7-12,16,20,25,28H,1,3-6,13-15H2. The van der Waals surface area contributed by atoms with Crippen molar-refractivity contribution >= 4 is 28.6 Å². The molecule has 166 valence electrons. The summed E-state index contributed by atoms with van der Waals surface area (Å²) in [5.41, 5.74) is 4.28. The van der Waals surface area contributed by atoms with Crippen molar-refractivity contribution in [2.45, 2.75) is 44.2 Å². The van der Waals surface area contributed by atoms with Gasteiger partial charge in [-0.15, -0.1) is 0 Å². The summed E-state index contributed by atoms with van der Waals surface area (Å²) in [6, 6.07) is 13.5. The van der Waals surface area contributed by atoms with E-state index >= 15 is 0 Å². The van der Waals surface area contributed by atoms with E-state index in [0.29, 0.717) is 18.2 Å². The maximum atomic E-state index is 13.3. The number of H-pyrrole nitrogens is 1. The molecule has 32 heavy (non-hydrogen) atoms. The number of carbonyl (C=O) groups is 1. The normalized spacial score (nSPS) is 18.5. The lowest BCUT2D eigenvalue weighted by Crippen LogP contribution is -2.42. The fraction of sp³-hybridized carbons (Fsp3) is 0.346. The zero-order valence-corrected chi connectivity index (χ0v) is 18.7. The van der Waals surface area contributed by atoms with E-state index in [1.54, 1.807) is 6.08 Å². The zero-order chi connectivity index (χ0) is 22.1. The summed E-state index contributed by atoms with van der Waals surface area (Å²) in [7, 11) is 0. The molecule has 1 N–H and O–H groups in total. The van der Waals surface area contributed by atoms with Gasteiger partial charge in [-0.3, -0.25) is 4.90 Å². The van der Waals surface area contributed by atoms with Gasteiger partial charge < -0.3 is 14.5 Å². The predicted molar refractivity (Wildman–Crippen MR) is 126 cm³/mol. The Morgan fingerprint density at radius 1 is 1.19 bits per heavy atom. The van der Waals surface area contributed by atoms with Crippen molar-refractivity contribution in [3.05, 3.63) is 77.0 Å². The average Bonchev–Trinajstić information content (AvgIpc) is 3.45. The molecule has 1 saturated carbocycles. The van der Waals surface area contributed by atoms with Gasteiger partial charge in [0.2, 0.25) is 0 Å². The van der Waals surface area contributed by atoms with Crippen LogP contribution in [0.2, 0.25) is 5.02 Å². The SMILES string of the molecule is C=CCOc1ccc(C2c3[nH]c4ccc(Cl)cc4c3CCN2C(=O)OC2CCCC2)cc1. The van der Waals surface area contributed by atoms with Gasteiger partial charge in [-0.05, 0) is 73.6 Å². The monoisotopic (exact) mass is 450 g/mol. The van der Waals surface area contributed by atoms with Gasteiger partial charge >= 0.3 is 6.09 Å². The van der Waals surface area contributed by atoms with Crippen molar-refractivity contribution in [1.82, 2.24) is 9.88 Å². The van der Waals surface area contributed by atoms with E-state index in [1.165, 1.54) is 5.56 Å². The van der Waals surface area contributed by atoms with Crippen LogP contribution in [0.1, 0.15) is 48.5 Å². The number of benzene rings is 2. The highest BCUT2D eigenvalue weighted by Crippen LogP contribution is 2.40. The van der Waals surface area contributed by atoms with Gasteiger partial charge in [0.15, 0.2) is 0 Å². The van der Waals surface area contributed by atoms with Crippen LogP contribution in [0, 0.1) is 0 Å². The van der Waals surface area contributed by atoms with E-state index in [2.05, 4.69) is 11.6 Å². The van der Waals surface area contributed by atoms with Gasteiger partial charge in [-0.1, -0.05) is 36.4 Å². The third-order valence-corrected chi connectivity index (χ3v) is 6.69. The van der Waals surface area contributed by atoms with Crippen molar-refractivity contribution in [3.63, 3.8) is 0 Å². The first kappa shape index (κ1) is 21.0. The second-order valence-electron chi connectivity index (χ2n) is 8.51. The summed E-state index contributed by atoms with van der Waals surface area (Å²) < 4.78 is 11.5. The van der Waals surface area contributed by atoms with Crippen molar-refractivity contribution in [1.29, 1.82) is 0 Å². The fourth-order valence-corrected chi connectivity index (χ4v) is 5.09. The molecular weight excluding hydrogens is 424 g/mol. The molecule has 3 aromatic rings. The van der Waals surface area contributed by atoms with Gasteiger partial charge in [0.1, 0.15) is 24.5 Å². The highest BCUT2D eigenvalue weighted by molar-refractivity contribution is 6.31. The van der Waals surface area contributed by atoms with Crippen LogP contribution in [0.4, 0.5) is 4.79 Å². The van der Waals surface area contributed by atoms with E-state index in [9.17, 15) is 4.79 Å². The van der Waals surface area contributed by atoms with Crippen LogP contribution in [-0.4, -0.2) is 35.2 Å². The van der Waals surface area contributed by atoms with Crippen LogP contribution >= 0.6 is 11.6 Å². The summed E-state index contributed by atoms with van der Waals surface area (Å²) in [4.78, 5) is 18.7. The van der Waals surface area contributed by atoms with Crippen molar-refractivity contribution in [2.24, 2.45) is 0 Å². The molecule has 1 amide bonds. The molecule has 0 bridgehead atoms. The number of carbonyl (C=O) groups excluding carboxylic acids is 1. The minimum Gasteiger partial charge on any atom is -0.490 e. The van der Waals surface area contributed by atoms with Crippen molar-refractivity contribution < 1.29 is 14.3 Å². The van der Waals surface area contributed by atoms with Gasteiger partial charge in [0.25, 0.3) is 0 Å². The molecule has 1 aliphatic carbocycles. The molecule has 2 aliphatic rings. The Kier molecular flexibility index (Phi) is 5.83. The lowest BCUT2D eigenvalue weighted by molar-refractivity contribution is 0.0551. The Labute approximate surface area is 193 Å². The maximum Gasteiger partial charge on any atom is 0.410 e. The molecular formula is C26H27ClN2O3. The smallest absolute Gasteiger partial charge is 0.410 e. The number of fused-ring (bicyclic) bond motifs is 3. The number of amides is 1. The molecule has 5 rings (SSSR count). The van der Waals surface area contributed by atoms with E-state index in [4.69, 9.17) is 21.1 Å². The van der Waals surface area contributed by atoms with E-state index in [-0.39, 0.29) is 18.2 Å². The first-order valence-corrected chi connectivity index (χ1v) is 11.6. The summed E-state index contributed by atoms with van der Waals surface area (Å²) in [6.07, 6.45) is 6.42. The van der Waals surface area contributed by atoms with Crippen LogP contribution in [0.15, 0.2) is 55.1 Å². The number of nitrogens with one attached hydrogen (secondary N) is 1. The Morgan fingerprint density at radius 2 is 1.97 bits per heavy atom. The van der Waals surface area contributed by atoms with Gasteiger partial charge in [0, 0.05) is 28.2 Å². The second-order valence-corrected chi connectivity index (χ2v) is 8.95. The summed E-state index contributed by atoms with van der Waals surface area (Å²) in [5, 5.41) is 1.83. The third kappa shape index (κ3) is 3.97. The van der Waals surface area contributed by atoms with Crippen LogP contribution < -0.4 is 4.74 Å². The lowest BCUT2D eigenvalue weighted by atomic mass is 9.92. The van der Waals surface area contributed by atoms with E-state index < -0.39 is 0 Å². The largest absolute Gasteiger partial charge is 0.490 e. The number of ether oxygens (including phenoxy) is 2. The molecule has 2 heterocycles. The van der Waals surface area contributed by atoms with Crippen molar-refractivity contribution in [2.75, 3.05) is 13.2 Å². The Balaban J connectivity index is 1.53. The van der Waals surface area contributed by atoms with Gasteiger partial charge in [0.05, 0.1) is 0 Å². The molecule has 0 saturated heterocycles. The molecule has 1 atom stereocenters. The maximum absolute atomic E-state index is 13.3.